The van der Waals surface area contributed by atoms with Crippen molar-refractivity contribution in [2.45, 2.75) is 51.0 Å². The molecule has 1 fully saturated rings. The van der Waals surface area contributed by atoms with E-state index in [9.17, 15) is 0 Å². The highest BCUT2D eigenvalue weighted by molar-refractivity contribution is 6.32. The van der Waals surface area contributed by atoms with E-state index in [0.717, 1.165) is 34.7 Å². The summed E-state index contributed by atoms with van der Waals surface area (Å²) in [5.41, 5.74) is 8.52. The first-order valence-electron chi connectivity index (χ1n) is 7.09. The minimum Gasteiger partial charge on any atom is -0.493 e. The molecule has 4 heteroatoms. The van der Waals surface area contributed by atoms with Gasteiger partial charge in [-0.3, -0.25) is 0 Å². The Morgan fingerprint density at radius 2 is 1.80 bits per heavy atom. The van der Waals surface area contributed by atoms with Gasteiger partial charge in [0.25, 0.3) is 0 Å². The molecular weight excluding hydrogens is 274 g/mol. The highest BCUT2D eigenvalue weighted by atomic mass is 35.5. The Bertz CT molecular complexity index is 508. The maximum absolute atomic E-state index is 6.56. The average molecular weight is 298 g/mol. The van der Waals surface area contributed by atoms with Crippen LogP contribution in [-0.4, -0.2) is 20.3 Å². The van der Waals surface area contributed by atoms with Crippen molar-refractivity contribution in [1.29, 1.82) is 0 Å². The summed E-state index contributed by atoms with van der Waals surface area (Å²) in [7, 11) is 3.31. The van der Waals surface area contributed by atoms with Gasteiger partial charge in [0.05, 0.1) is 14.2 Å². The SMILES string of the molecule is COc1cc(Cl)c(C2(C(C)N)CC2)c(C(C)C)c1OC. The maximum Gasteiger partial charge on any atom is 0.164 e. The lowest BCUT2D eigenvalue weighted by atomic mass is 9.82. The van der Waals surface area contributed by atoms with Gasteiger partial charge in [0.2, 0.25) is 0 Å². The molecule has 1 aliphatic carbocycles. The summed E-state index contributed by atoms with van der Waals surface area (Å²) < 4.78 is 11.0. The molecule has 0 saturated heterocycles. The predicted octanol–water partition coefficient (Wildman–Crippen LogP) is 3.86. The van der Waals surface area contributed by atoms with Crippen molar-refractivity contribution >= 4 is 11.6 Å². The van der Waals surface area contributed by atoms with Crippen LogP contribution < -0.4 is 15.2 Å². The molecule has 1 saturated carbocycles. The van der Waals surface area contributed by atoms with Crippen LogP contribution in [0.15, 0.2) is 6.07 Å². The minimum atomic E-state index is -0.00373. The van der Waals surface area contributed by atoms with Gasteiger partial charge in [0.1, 0.15) is 0 Å². The molecule has 2 rings (SSSR count). The zero-order valence-electron chi connectivity index (χ0n) is 12.9. The van der Waals surface area contributed by atoms with Gasteiger partial charge in [0, 0.05) is 28.1 Å². The largest absolute Gasteiger partial charge is 0.493 e. The molecule has 1 atom stereocenters. The minimum absolute atomic E-state index is 0.00373. The third-order valence-electron chi connectivity index (χ3n) is 4.39. The average Bonchev–Trinajstić information content (AvgIpc) is 3.18. The Morgan fingerprint density at radius 1 is 1.20 bits per heavy atom. The summed E-state index contributed by atoms with van der Waals surface area (Å²) >= 11 is 6.56. The Hall–Kier alpha value is -0.930. The molecule has 112 valence electrons. The number of nitrogens with two attached hydrogens (primary N) is 1. The number of rotatable bonds is 5. The number of benzene rings is 1. The van der Waals surface area contributed by atoms with Crippen molar-refractivity contribution in [3.63, 3.8) is 0 Å². The van der Waals surface area contributed by atoms with E-state index in [1.54, 1.807) is 14.2 Å². The van der Waals surface area contributed by atoms with Gasteiger partial charge in [-0.2, -0.15) is 0 Å². The van der Waals surface area contributed by atoms with Crippen molar-refractivity contribution in [3.8, 4) is 11.5 Å². The third-order valence-corrected chi connectivity index (χ3v) is 4.69. The van der Waals surface area contributed by atoms with E-state index in [2.05, 4.69) is 20.8 Å². The van der Waals surface area contributed by atoms with E-state index in [1.807, 2.05) is 6.07 Å². The van der Waals surface area contributed by atoms with Crippen molar-refractivity contribution < 1.29 is 9.47 Å². The van der Waals surface area contributed by atoms with Crippen molar-refractivity contribution in [2.75, 3.05) is 14.2 Å². The van der Waals surface area contributed by atoms with Crippen LogP contribution >= 0.6 is 11.6 Å². The Kier molecular flexibility index (Phi) is 4.22. The highest BCUT2D eigenvalue weighted by Crippen LogP contribution is 2.57. The topological polar surface area (TPSA) is 44.5 Å². The van der Waals surface area contributed by atoms with Crippen molar-refractivity contribution in [2.24, 2.45) is 5.73 Å². The molecule has 1 aromatic rings. The molecule has 0 radical (unpaired) electrons. The molecule has 0 heterocycles. The fourth-order valence-electron chi connectivity index (χ4n) is 3.11. The van der Waals surface area contributed by atoms with Gasteiger partial charge in [-0.05, 0) is 31.2 Å². The predicted molar refractivity (Wildman–Crippen MR) is 83.2 cm³/mol. The van der Waals surface area contributed by atoms with Crippen LogP contribution in [0.5, 0.6) is 11.5 Å². The number of halogens is 1. The zero-order valence-corrected chi connectivity index (χ0v) is 13.7. The van der Waals surface area contributed by atoms with Crippen LogP contribution in [0.1, 0.15) is 50.7 Å². The highest BCUT2D eigenvalue weighted by Gasteiger charge is 2.50. The van der Waals surface area contributed by atoms with E-state index in [4.69, 9.17) is 26.8 Å². The quantitative estimate of drug-likeness (QED) is 0.897. The summed E-state index contributed by atoms with van der Waals surface area (Å²) in [4.78, 5) is 0. The van der Waals surface area contributed by atoms with Crippen LogP contribution in [0.4, 0.5) is 0 Å². The summed E-state index contributed by atoms with van der Waals surface area (Å²) in [6.45, 7) is 6.35. The second kappa shape index (κ2) is 5.45. The first-order chi connectivity index (χ1) is 9.39. The fourth-order valence-corrected chi connectivity index (χ4v) is 3.50. The maximum atomic E-state index is 6.56. The van der Waals surface area contributed by atoms with Crippen LogP contribution in [-0.2, 0) is 5.41 Å². The first-order valence-corrected chi connectivity index (χ1v) is 7.47. The van der Waals surface area contributed by atoms with Gasteiger partial charge in [0.15, 0.2) is 11.5 Å². The summed E-state index contributed by atoms with van der Waals surface area (Å²) in [6, 6.07) is 1.93. The number of hydrogen-bond acceptors (Lipinski definition) is 3. The van der Waals surface area contributed by atoms with E-state index >= 15 is 0 Å². The molecule has 3 nitrogen and oxygen atoms in total. The van der Waals surface area contributed by atoms with Gasteiger partial charge >= 0.3 is 0 Å². The molecule has 1 unspecified atom stereocenters. The Morgan fingerprint density at radius 3 is 2.15 bits per heavy atom. The molecule has 20 heavy (non-hydrogen) atoms. The van der Waals surface area contributed by atoms with E-state index in [0.29, 0.717) is 11.7 Å². The second-order valence-electron chi connectivity index (χ2n) is 5.98. The van der Waals surface area contributed by atoms with E-state index in [1.165, 1.54) is 0 Å². The molecular formula is C16H24ClNO2. The van der Waals surface area contributed by atoms with E-state index in [-0.39, 0.29) is 11.5 Å². The summed E-state index contributed by atoms with van der Waals surface area (Å²) in [5.74, 6) is 1.77. The molecule has 1 aromatic carbocycles. The van der Waals surface area contributed by atoms with Gasteiger partial charge in [-0.15, -0.1) is 0 Å². The Balaban J connectivity index is 2.74. The molecule has 0 aromatic heterocycles. The Labute approximate surface area is 126 Å². The second-order valence-corrected chi connectivity index (χ2v) is 6.39. The lowest BCUT2D eigenvalue weighted by molar-refractivity contribution is 0.348. The number of methoxy groups -OCH3 is 2. The fraction of sp³-hybridized carbons (Fsp3) is 0.625. The van der Waals surface area contributed by atoms with Crippen LogP contribution in [0, 0.1) is 0 Å². The van der Waals surface area contributed by atoms with Gasteiger partial charge in [-0.1, -0.05) is 25.4 Å². The number of hydrogen-bond donors (Lipinski definition) is 1. The molecule has 0 spiro atoms. The third kappa shape index (κ3) is 2.27. The lowest BCUT2D eigenvalue weighted by Crippen LogP contribution is -2.33. The van der Waals surface area contributed by atoms with Gasteiger partial charge < -0.3 is 15.2 Å². The summed E-state index contributed by atoms with van der Waals surface area (Å²) in [6.07, 6.45) is 2.17. The van der Waals surface area contributed by atoms with Crippen molar-refractivity contribution in [1.82, 2.24) is 0 Å². The monoisotopic (exact) mass is 297 g/mol. The smallest absolute Gasteiger partial charge is 0.164 e. The van der Waals surface area contributed by atoms with Crippen LogP contribution in [0.25, 0.3) is 0 Å². The molecule has 0 amide bonds. The summed E-state index contributed by atoms with van der Waals surface area (Å²) in [5, 5.41) is 0.737. The zero-order chi connectivity index (χ0) is 15.1. The molecule has 0 aliphatic heterocycles. The first kappa shape index (κ1) is 15.5. The van der Waals surface area contributed by atoms with Crippen LogP contribution in [0.3, 0.4) is 0 Å². The van der Waals surface area contributed by atoms with E-state index < -0.39 is 0 Å². The lowest BCUT2D eigenvalue weighted by Gasteiger charge is -2.28. The van der Waals surface area contributed by atoms with Crippen molar-refractivity contribution in [3.05, 3.63) is 22.2 Å². The standard InChI is InChI=1S/C16H24ClNO2/c1-9(2)13-14(16(6-7-16)10(3)18)11(17)8-12(19-4)15(13)20-5/h8-10H,6-7,18H2,1-5H3. The van der Waals surface area contributed by atoms with Crippen LogP contribution in [0.2, 0.25) is 5.02 Å². The normalized spacial score (nSPS) is 18.0. The number of ether oxygens (including phenoxy) is 2. The molecule has 2 N–H and O–H groups in total. The molecule has 1 aliphatic rings. The molecule has 0 bridgehead atoms. The van der Waals surface area contributed by atoms with Gasteiger partial charge in [-0.25, -0.2) is 0 Å².